The molecule has 1 heterocycles. The number of fused-ring (bicyclic) bond motifs is 1. The highest BCUT2D eigenvalue weighted by atomic mass is 32.2. The quantitative estimate of drug-likeness (QED) is 0.421. The second-order valence-corrected chi connectivity index (χ2v) is 8.58. The lowest BCUT2D eigenvalue weighted by atomic mass is 10.0. The molecule has 0 spiro atoms. The first kappa shape index (κ1) is 20.3. The number of carbonyl (C=O) groups is 2. The highest BCUT2D eigenvalue weighted by Gasteiger charge is 2.34. The molecule has 158 valence electrons. The summed E-state index contributed by atoms with van der Waals surface area (Å²) in [4.78, 5) is 27.0. The van der Waals surface area contributed by atoms with Crippen LogP contribution in [0.3, 0.4) is 0 Å². The zero-order chi connectivity index (χ0) is 22.1. The van der Waals surface area contributed by atoms with Crippen molar-refractivity contribution >= 4 is 45.7 Å². The van der Waals surface area contributed by atoms with Gasteiger partial charge in [-0.1, -0.05) is 54.6 Å². The number of hydrogen-bond donors (Lipinski definition) is 1. The first-order valence-electron chi connectivity index (χ1n) is 10.2. The summed E-state index contributed by atoms with van der Waals surface area (Å²) in [7, 11) is 0. The van der Waals surface area contributed by atoms with E-state index in [0.29, 0.717) is 22.7 Å². The van der Waals surface area contributed by atoms with Crippen molar-refractivity contribution < 1.29 is 14.0 Å². The Labute approximate surface area is 189 Å². The van der Waals surface area contributed by atoms with Gasteiger partial charge in [-0.15, -0.1) is 11.8 Å². The standard InChI is InChI=1S/C26H19FN2O2S/c27-19-7-4-8-21(15-19)29-24(30)16-32-26(29)18-11-13-20(14-12-18)28-25(31)23-10-3-6-17-5-1-2-9-22(17)23/h1-15,26H,16H2,(H,28,31). The molecular formula is C26H19FN2O2S. The number of rotatable bonds is 4. The molecule has 1 saturated heterocycles. The van der Waals surface area contributed by atoms with Gasteiger partial charge in [0.1, 0.15) is 11.2 Å². The molecule has 2 amide bonds. The maximum absolute atomic E-state index is 13.7. The first-order chi connectivity index (χ1) is 15.6. The van der Waals surface area contributed by atoms with E-state index in [-0.39, 0.29) is 23.0 Å². The molecule has 5 rings (SSSR count). The van der Waals surface area contributed by atoms with E-state index in [4.69, 9.17) is 0 Å². The summed E-state index contributed by atoms with van der Waals surface area (Å²) in [5.74, 6) is -0.279. The zero-order valence-corrected chi connectivity index (χ0v) is 17.8. The molecule has 0 aromatic heterocycles. The summed E-state index contributed by atoms with van der Waals surface area (Å²) in [5, 5.41) is 4.62. The molecule has 32 heavy (non-hydrogen) atoms. The summed E-state index contributed by atoms with van der Waals surface area (Å²) in [6.45, 7) is 0. The Kier molecular flexibility index (Phi) is 5.37. The van der Waals surface area contributed by atoms with Crippen molar-refractivity contribution in [2.24, 2.45) is 0 Å². The van der Waals surface area contributed by atoms with Gasteiger partial charge in [-0.25, -0.2) is 4.39 Å². The maximum Gasteiger partial charge on any atom is 0.256 e. The SMILES string of the molecule is O=C(Nc1ccc(C2SCC(=O)N2c2cccc(F)c2)cc1)c1cccc2ccccc12. The zero-order valence-electron chi connectivity index (χ0n) is 17.0. The average molecular weight is 443 g/mol. The van der Waals surface area contributed by atoms with Crippen LogP contribution in [0.15, 0.2) is 91.0 Å². The summed E-state index contributed by atoms with van der Waals surface area (Å²) in [5.41, 5.74) is 2.73. The monoisotopic (exact) mass is 442 g/mol. The molecule has 0 aliphatic carbocycles. The molecule has 0 bridgehead atoms. The van der Waals surface area contributed by atoms with E-state index >= 15 is 0 Å². The molecule has 1 N–H and O–H groups in total. The van der Waals surface area contributed by atoms with Gasteiger partial charge in [0, 0.05) is 16.9 Å². The molecular weight excluding hydrogens is 423 g/mol. The number of nitrogens with one attached hydrogen (secondary N) is 1. The fourth-order valence-electron chi connectivity index (χ4n) is 3.93. The third kappa shape index (κ3) is 3.85. The summed E-state index contributed by atoms with van der Waals surface area (Å²) < 4.78 is 13.7. The predicted molar refractivity (Wildman–Crippen MR) is 127 cm³/mol. The Balaban J connectivity index is 1.37. The van der Waals surface area contributed by atoms with Gasteiger partial charge in [0.05, 0.1) is 5.75 Å². The largest absolute Gasteiger partial charge is 0.322 e. The molecule has 0 saturated carbocycles. The predicted octanol–water partition coefficient (Wildman–Crippen LogP) is 6.01. The van der Waals surface area contributed by atoms with Crippen molar-refractivity contribution in [1.29, 1.82) is 0 Å². The molecule has 0 radical (unpaired) electrons. The highest BCUT2D eigenvalue weighted by molar-refractivity contribution is 8.00. The minimum atomic E-state index is -0.377. The lowest BCUT2D eigenvalue weighted by Gasteiger charge is -2.24. The van der Waals surface area contributed by atoms with Crippen molar-refractivity contribution in [3.8, 4) is 0 Å². The van der Waals surface area contributed by atoms with E-state index in [1.807, 2.05) is 66.7 Å². The van der Waals surface area contributed by atoms with Gasteiger partial charge in [0.25, 0.3) is 5.91 Å². The van der Waals surface area contributed by atoms with Crippen LogP contribution in [0.4, 0.5) is 15.8 Å². The number of anilines is 2. The van der Waals surface area contributed by atoms with Gasteiger partial charge >= 0.3 is 0 Å². The molecule has 4 aromatic carbocycles. The van der Waals surface area contributed by atoms with E-state index in [2.05, 4.69) is 5.32 Å². The smallest absolute Gasteiger partial charge is 0.256 e. The van der Waals surface area contributed by atoms with Crippen LogP contribution in [0, 0.1) is 5.82 Å². The van der Waals surface area contributed by atoms with Crippen molar-refractivity contribution in [2.75, 3.05) is 16.0 Å². The molecule has 4 aromatic rings. The Morgan fingerprint density at radius 2 is 1.69 bits per heavy atom. The summed E-state index contributed by atoms with van der Waals surface area (Å²) in [6, 6.07) is 26.9. The number of halogens is 1. The second-order valence-electron chi connectivity index (χ2n) is 7.51. The highest BCUT2D eigenvalue weighted by Crippen LogP contribution is 2.42. The fraction of sp³-hybridized carbons (Fsp3) is 0.0769. The van der Waals surface area contributed by atoms with E-state index in [1.165, 1.54) is 23.9 Å². The number of nitrogens with zero attached hydrogens (tertiary/aromatic N) is 1. The first-order valence-corrected chi connectivity index (χ1v) is 11.2. The van der Waals surface area contributed by atoms with Crippen LogP contribution < -0.4 is 10.2 Å². The number of hydrogen-bond acceptors (Lipinski definition) is 3. The Bertz CT molecular complexity index is 1320. The fourth-order valence-corrected chi connectivity index (χ4v) is 5.11. The minimum Gasteiger partial charge on any atom is -0.322 e. The van der Waals surface area contributed by atoms with E-state index in [9.17, 15) is 14.0 Å². The Hall–Kier alpha value is -3.64. The lowest BCUT2D eigenvalue weighted by molar-refractivity contribution is -0.115. The summed E-state index contributed by atoms with van der Waals surface area (Å²) in [6.07, 6.45) is 0. The lowest BCUT2D eigenvalue weighted by Crippen LogP contribution is -2.27. The number of thioether (sulfide) groups is 1. The maximum atomic E-state index is 13.7. The molecule has 4 nitrogen and oxygen atoms in total. The van der Waals surface area contributed by atoms with Crippen molar-refractivity contribution in [3.05, 3.63) is 108 Å². The van der Waals surface area contributed by atoms with E-state index in [0.717, 1.165) is 16.3 Å². The van der Waals surface area contributed by atoms with Gasteiger partial charge in [-0.3, -0.25) is 14.5 Å². The number of carbonyl (C=O) groups excluding carboxylic acids is 2. The molecule has 1 aliphatic rings. The van der Waals surface area contributed by atoms with Gasteiger partial charge in [-0.2, -0.15) is 0 Å². The van der Waals surface area contributed by atoms with Crippen molar-refractivity contribution in [2.45, 2.75) is 5.37 Å². The van der Waals surface area contributed by atoms with Gasteiger partial charge in [0.15, 0.2) is 0 Å². The van der Waals surface area contributed by atoms with Crippen LogP contribution in [0.5, 0.6) is 0 Å². The number of benzene rings is 4. The summed E-state index contributed by atoms with van der Waals surface area (Å²) >= 11 is 1.50. The second kappa shape index (κ2) is 8.48. The minimum absolute atomic E-state index is 0.0565. The van der Waals surface area contributed by atoms with Crippen LogP contribution in [0.25, 0.3) is 10.8 Å². The molecule has 6 heteroatoms. The molecule has 1 unspecified atom stereocenters. The van der Waals surface area contributed by atoms with E-state index in [1.54, 1.807) is 17.0 Å². The molecule has 1 aliphatic heterocycles. The third-order valence-corrected chi connectivity index (χ3v) is 6.65. The van der Waals surface area contributed by atoms with Gasteiger partial charge < -0.3 is 5.32 Å². The normalized spacial score (nSPS) is 15.8. The molecule has 1 atom stereocenters. The molecule has 1 fully saturated rings. The average Bonchev–Trinajstić information content (AvgIpc) is 3.20. The van der Waals surface area contributed by atoms with Crippen molar-refractivity contribution in [1.82, 2.24) is 0 Å². The van der Waals surface area contributed by atoms with E-state index < -0.39 is 0 Å². The van der Waals surface area contributed by atoms with Crippen molar-refractivity contribution in [3.63, 3.8) is 0 Å². The van der Waals surface area contributed by atoms with Crippen LogP contribution in [-0.2, 0) is 4.79 Å². The van der Waals surface area contributed by atoms with Gasteiger partial charge in [-0.05, 0) is 52.7 Å². The van der Waals surface area contributed by atoms with Crippen LogP contribution in [-0.4, -0.2) is 17.6 Å². The third-order valence-electron chi connectivity index (χ3n) is 5.44. The van der Waals surface area contributed by atoms with Gasteiger partial charge in [0.2, 0.25) is 5.91 Å². The topological polar surface area (TPSA) is 49.4 Å². The van der Waals surface area contributed by atoms with Crippen LogP contribution >= 0.6 is 11.8 Å². The number of amides is 2. The Morgan fingerprint density at radius 1 is 0.938 bits per heavy atom. The Morgan fingerprint density at radius 3 is 2.50 bits per heavy atom. The van der Waals surface area contributed by atoms with Crippen LogP contribution in [0.1, 0.15) is 21.3 Å². The van der Waals surface area contributed by atoms with Crippen LogP contribution in [0.2, 0.25) is 0 Å².